The van der Waals surface area contributed by atoms with Crippen LogP contribution in [0.2, 0.25) is 0 Å². The molecular formula is C14H20O2. The van der Waals surface area contributed by atoms with Crippen molar-refractivity contribution in [2.24, 2.45) is 11.3 Å². The number of ether oxygens (including phenoxy) is 2. The lowest BCUT2D eigenvalue weighted by Gasteiger charge is -2.30. The van der Waals surface area contributed by atoms with Gasteiger partial charge in [-0.05, 0) is 38.0 Å². The van der Waals surface area contributed by atoms with E-state index in [2.05, 4.69) is 24.3 Å². The van der Waals surface area contributed by atoms with Crippen LogP contribution in [-0.2, 0) is 9.47 Å². The Labute approximate surface area is 97.3 Å². The molecule has 2 nitrogen and oxygen atoms in total. The molecule has 1 heterocycles. The molecule has 0 unspecified atom stereocenters. The summed E-state index contributed by atoms with van der Waals surface area (Å²) in [7, 11) is 0. The fourth-order valence-corrected chi connectivity index (χ4v) is 3.21. The van der Waals surface area contributed by atoms with E-state index >= 15 is 0 Å². The van der Waals surface area contributed by atoms with E-state index < -0.39 is 0 Å². The van der Waals surface area contributed by atoms with E-state index in [1.807, 2.05) is 0 Å². The molecule has 0 spiro atoms. The molecule has 0 radical (unpaired) electrons. The minimum Gasteiger partial charge on any atom is -0.353 e. The molecule has 16 heavy (non-hydrogen) atoms. The Kier molecular flexibility index (Phi) is 2.86. The Morgan fingerprint density at radius 1 is 1.06 bits per heavy atom. The third-order valence-electron chi connectivity index (χ3n) is 4.17. The van der Waals surface area contributed by atoms with Crippen LogP contribution in [0.15, 0.2) is 24.3 Å². The molecule has 0 amide bonds. The van der Waals surface area contributed by atoms with Gasteiger partial charge in [-0.2, -0.15) is 0 Å². The van der Waals surface area contributed by atoms with Crippen LogP contribution >= 0.6 is 0 Å². The van der Waals surface area contributed by atoms with Crippen LogP contribution in [0.25, 0.3) is 0 Å². The number of rotatable bonds is 3. The summed E-state index contributed by atoms with van der Waals surface area (Å²) in [6, 6.07) is 0. The van der Waals surface area contributed by atoms with Gasteiger partial charge in [0.05, 0.1) is 13.2 Å². The van der Waals surface area contributed by atoms with Gasteiger partial charge in [-0.15, -0.1) is 0 Å². The summed E-state index contributed by atoms with van der Waals surface area (Å²) in [6.45, 7) is 1.74. The second-order valence-corrected chi connectivity index (χ2v) is 5.15. The molecule has 1 saturated heterocycles. The number of hydrogen-bond acceptors (Lipinski definition) is 2. The fraction of sp³-hybridized carbons (Fsp3) is 0.714. The van der Waals surface area contributed by atoms with Gasteiger partial charge in [0.1, 0.15) is 0 Å². The largest absolute Gasteiger partial charge is 0.353 e. The molecule has 2 heteroatoms. The van der Waals surface area contributed by atoms with E-state index in [0.29, 0.717) is 5.41 Å². The average Bonchev–Trinajstić information content (AvgIpc) is 2.87. The predicted octanol–water partition coefficient (Wildman–Crippen LogP) is 3.05. The van der Waals surface area contributed by atoms with E-state index in [4.69, 9.17) is 9.47 Å². The van der Waals surface area contributed by atoms with Crippen molar-refractivity contribution in [1.29, 1.82) is 0 Å². The van der Waals surface area contributed by atoms with Gasteiger partial charge in [-0.25, -0.2) is 0 Å². The average molecular weight is 220 g/mol. The Morgan fingerprint density at radius 2 is 1.75 bits per heavy atom. The molecule has 0 atom stereocenters. The minimum atomic E-state index is 0.0479. The Balaban J connectivity index is 1.57. The summed E-state index contributed by atoms with van der Waals surface area (Å²) < 4.78 is 11.2. The van der Waals surface area contributed by atoms with Crippen LogP contribution in [0.1, 0.15) is 32.1 Å². The van der Waals surface area contributed by atoms with E-state index in [1.165, 1.54) is 19.3 Å². The molecule has 0 N–H and O–H groups in total. The van der Waals surface area contributed by atoms with Crippen LogP contribution < -0.4 is 0 Å². The van der Waals surface area contributed by atoms with Crippen molar-refractivity contribution in [2.45, 2.75) is 38.4 Å². The highest BCUT2D eigenvalue weighted by Gasteiger charge is 2.39. The van der Waals surface area contributed by atoms with Crippen molar-refractivity contribution in [3.05, 3.63) is 24.3 Å². The second-order valence-electron chi connectivity index (χ2n) is 5.15. The molecule has 0 aromatic carbocycles. The third kappa shape index (κ3) is 1.85. The summed E-state index contributed by atoms with van der Waals surface area (Å²) in [5, 5.41) is 0. The van der Waals surface area contributed by atoms with Crippen molar-refractivity contribution in [3.63, 3.8) is 0 Å². The van der Waals surface area contributed by atoms with Crippen molar-refractivity contribution in [3.8, 4) is 0 Å². The molecule has 1 aliphatic heterocycles. The molecule has 2 aliphatic carbocycles. The van der Waals surface area contributed by atoms with Crippen molar-refractivity contribution in [2.75, 3.05) is 13.2 Å². The number of hydrogen-bond donors (Lipinski definition) is 0. The van der Waals surface area contributed by atoms with Crippen LogP contribution in [0, 0.1) is 11.3 Å². The van der Waals surface area contributed by atoms with Gasteiger partial charge < -0.3 is 9.47 Å². The zero-order chi connectivity index (χ0) is 10.8. The normalized spacial score (nSPS) is 38.1. The highest BCUT2D eigenvalue weighted by molar-refractivity contribution is 5.25. The molecule has 88 valence electrons. The predicted molar refractivity (Wildman–Crippen MR) is 63.0 cm³/mol. The molecule has 3 aliphatic rings. The van der Waals surface area contributed by atoms with Crippen molar-refractivity contribution >= 4 is 0 Å². The SMILES string of the molecule is C1=CC2(CCC3OCCCO3)C=CCC2C1. The van der Waals surface area contributed by atoms with Gasteiger partial charge in [0.25, 0.3) is 0 Å². The molecule has 0 bridgehead atoms. The zero-order valence-electron chi connectivity index (χ0n) is 9.73. The van der Waals surface area contributed by atoms with Crippen LogP contribution in [0.4, 0.5) is 0 Å². The molecule has 0 aromatic heterocycles. The number of allylic oxidation sites excluding steroid dienone is 4. The maximum Gasteiger partial charge on any atom is 0.157 e. The van der Waals surface area contributed by atoms with Gasteiger partial charge in [0.15, 0.2) is 6.29 Å². The maximum absolute atomic E-state index is 5.61. The Hall–Kier alpha value is -0.600. The third-order valence-corrected chi connectivity index (χ3v) is 4.17. The summed E-state index contributed by atoms with van der Waals surface area (Å²) in [6.07, 6.45) is 15.3. The van der Waals surface area contributed by atoms with Crippen LogP contribution in [0.3, 0.4) is 0 Å². The monoisotopic (exact) mass is 220 g/mol. The molecule has 0 saturated carbocycles. The van der Waals surface area contributed by atoms with Crippen LogP contribution in [-0.4, -0.2) is 19.5 Å². The second kappa shape index (κ2) is 4.34. The van der Waals surface area contributed by atoms with E-state index in [1.54, 1.807) is 0 Å². The lowest BCUT2D eigenvalue weighted by molar-refractivity contribution is -0.183. The van der Waals surface area contributed by atoms with E-state index in [-0.39, 0.29) is 6.29 Å². The summed E-state index contributed by atoms with van der Waals surface area (Å²) in [5.41, 5.74) is 0.337. The molecule has 1 fully saturated rings. The summed E-state index contributed by atoms with van der Waals surface area (Å²) in [5.74, 6) is 0.816. The standard InChI is InChI=1S/C14H20O2/c1-4-12-5-2-8-14(12,7-1)9-6-13-15-10-3-11-16-13/h1-2,7-8,12-13H,3-6,9-11H2. The van der Waals surface area contributed by atoms with Gasteiger partial charge in [0, 0.05) is 5.41 Å². The van der Waals surface area contributed by atoms with Gasteiger partial charge in [0.2, 0.25) is 0 Å². The zero-order valence-corrected chi connectivity index (χ0v) is 9.73. The molecule has 0 aromatic rings. The highest BCUT2D eigenvalue weighted by atomic mass is 16.7. The lowest BCUT2D eigenvalue weighted by atomic mass is 9.77. The maximum atomic E-state index is 5.61. The lowest BCUT2D eigenvalue weighted by Crippen LogP contribution is -2.28. The first kappa shape index (κ1) is 10.5. The first-order chi connectivity index (χ1) is 7.89. The fourth-order valence-electron chi connectivity index (χ4n) is 3.21. The summed E-state index contributed by atoms with van der Waals surface area (Å²) >= 11 is 0. The molecule has 3 rings (SSSR count). The van der Waals surface area contributed by atoms with Crippen molar-refractivity contribution < 1.29 is 9.47 Å². The first-order valence-electron chi connectivity index (χ1n) is 6.48. The number of fused-ring (bicyclic) bond motifs is 1. The smallest absolute Gasteiger partial charge is 0.157 e. The first-order valence-corrected chi connectivity index (χ1v) is 6.48. The van der Waals surface area contributed by atoms with Crippen molar-refractivity contribution in [1.82, 2.24) is 0 Å². The quantitative estimate of drug-likeness (QED) is 0.681. The summed E-state index contributed by atoms with van der Waals surface area (Å²) in [4.78, 5) is 0. The van der Waals surface area contributed by atoms with E-state index in [9.17, 15) is 0 Å². The Bertz CT molecular complexity index is 284. The van der Waals surface area contributed by atoms with Gasteiger partial charge in [-0.1, -0.05) is 24.3 Å². The van der Waals surface area contributed by atoms with Crippen LogP contribution in [0.5, 0.6) is 0 Å². The Morgan fingerprint density at radius 3 is 2.44 bits per heavy atom. The molecular weight excluding hydrogens is 200 g/mol. The van der Waals surface area contributed by atoms with E-state index in [0.717, 1.165) is 32.0 Å². The highest BCUT2D eigenvalue weighted by Crippen LogP contribution is 2.49. The minimum absolute atomic E-state index is 0.0479. The van der Waals surface area contributed by atoms with Gasteiger partial charge >= 0.3 is 0 Å². The van der Waals surface area contributed by atoms with Gasteiger partial charge in [-0.3, -0.25) is 0 Å². The topological polar surface area (TPSA) is 18.5 Å².